The number of aromatic nitrogens is 1. The summed E-state index contributed by atoms with van der Waals surface area (Å²) < 4.78 is 0. The number of pyridine rings is 1. The molecule has 1 aromatic heterocycles. The van der Waals surface area contributed by atoms with Crippen LogP contribution in [0.4, 0.5) is 5.69 Å². The summed E-state index contributed by atoms with van der Waals surface area (Å²) in [5, 5.41) is 15.2. The fraction of sp³-hybridized carbons (Fsp3) is 0.0500. The van der Waals surface area contributed by atoms with Gasteiger partial charge in [0.05, 0.1) is 10.6 Å². The third-order valence-corrected chi connectivity index (χ3v) is 3.91. The number of carbonyl (C=O) groups is 1. The molecule has 1 amide bonds. The third kappa shape index (κ3) is 4.21. The number of hydrogen-bond donors (Lipinski definition) is 1. The lowest BCUT2D eigenvalue weighted by atomic mass is 10.0. The molecule has 0 fully saturated rings. The van der Waals surface area contributed by atoms with E-state index in [0.717, 1.165) is 11.1 Å². The Bertz CT molecular complexity index is 961. The largest absolute Gasteiger partial charge is 0.272 e. The summed E-state index contributed by atoms with van der Waals surface area (Å²) in [7, 11) is 0. The second-order valence-electron chi connectivity index (χ2n) is 5.77. The smallest absolute Gasteiger partial charge is 0.267 e. The first kappa shape index (κ1) is 17.9. The average Bonchev–Trinajstić information content (AvgIpc) is 2.69. The van der Waals surface area contributed by atoms with Gasteiger partial charge in [0.2, 0.25) is 0 Å². The maximum atomic E-state index is 12.4. The number of nitro groups is 1. The second kappa shape index (κ2) is 8.01. The first-order chi connectivity index (χ1) is 13.1. The molecule has 0 saturated carbocycles. The van der Waals surface area contributed by atoms with E-state index in [1.54, 1.807) is 25.4 Å². The molecule has 1 N–H and O–H groups in total. The zero-order chi connectivity index (χ0) is 19.2. The Morgan fingerprint density at radius 3 is 2.41 bits per heavy atom. The van der Waals surface area contributed by atoms with Crippen LogP contribution in [0.25, 0.3) is 0 Å². The van der Waals surface area contributed by atoms with E-state index < -0.39 is 10.8 Å². The van der Waals surface area contributed by atoms with Crippen molar-refractivity contribution < 1.29 is 9.72 Å². The summed E-state index contributed by atoms with van der Waals surface area (Å²) in [4.78, 5) is 27.0. The molecule has 3 aromatic rings. The normalized spacial score (nSPS) is 11.1. The number of rotatable bonds is 5. The van der Waals surface area contributed by atoms with Crippen LogP contribution in [0, 0.1) is 17.0 Å². The molecule has 1 heterocycles. The molecule has 3 rings (SSSR count). The number of nitro benzene ring substituents is 1. The van der Waals surface area contributed by atoms with Crippen LogP contribution in [0.1, 0.15) is 27.0 Å². The lowest BCUT2D eigenvalue weighted by Gasteiger charge is -2.08. The van der Waals surface area contributed by atoms with Gasteiger partial charge in [0.15, 0.2) is 0 Å². The Hall–Kier alpha value is -3.87. The van der Waals surface area contributed by atoms with Crippen molar-refractivity contribution in [1.29, 1.82) is 0 Å². The molecule has 7 heteroatoms. The minimum Gasteiger partial charge on any atom is -0.267 e. The van der Waals surface area contributed by atoms with Gasteiger partial charge in [0, 0.05) is 40.7 Å². The molecule has 2 aromatic carbocycles. The van der Waals surface area contributed by atoms with Crippen molar-refractivity contribution in [2.75, 3.05) is 0 Å². The second-order valence-corrected chi connectivity index (χ2v) is 5.77. The predicted octanol–water partition coefficient (Wildman–Crippen LogP) is 3.48. The van der Waals surface area contributed by atoms with E-state index >= 15 is 0 Å². The summed E-state index contributed by atoms with van der Waals surface area (Å²) in [6, 6.07) is 17.2. The van der Waals surface area contributed by atoms with Crippen molar-refractivity contribution in [2.45, 2.75) is 6.92 Å². The topological polar surface area (TPSA) is 97.5 Å². The summed E-state index contributed by atoms with van der Waals surface area (Å²) >= 11 is 0. The van der Waals surface area contributed by atoms with Crippen molar-refractivity contribution in [3.63, 3.8) is 0 Å². The predicted molar refractivity (Wildman–Crippen MR) is 102 cm³/mol. The number of aryl methyl sites for hydroxylation is 1. The summed E-state index contributed by atoms with van der Waals surface area (Å²) in [5.41, 5.74) is 5.34. The van der Waals surface area contributed by atoms with Gasteiger partial charge >= 0.3 is 0 Å². The molecule has 7 nitrogen and oxygen atoms in total. The molecular formula is C20H16N4O3. The highest BCUT2D eigenvalue weighted by atomic mass is 16.6. The van der Waals surface area contributed by atoms with Crippen LogP contribution in [0.3, 0.4) is 0 Å². The lowest BCUT2D eigenvalue weighted by molar-refractivity contribution is -0.385. The van der Waals surface area contributed by atoms with Gasteiger partial charge in [-0.15, -0.1) is 0 Å². The number of amides is 1. The monoisotopic (exact) mass is 360 g/mol. The van der Waals surface area contributed by atoms with E-state index in [4.69, 9.17) is 0 Å². The highest BCUT2D eigenvalue weighted by molar-refractivity contribution is 6.13. The highest BCUT2D eigenvalue weighted by Crippen LogP contribution is 2.18. The van der Waals surface area contributed by atoms with Crippen molar-refractivity contribution in [2.24, 2.45) is 5.10 Å². The highest BCUT2D eigenvalue weighted by Gasteiger charge is 2.14. The van der Waals surface area contributed by atoms with Crippen molar-refractivity contribution in [1.82, 2.24) is 10.4 Å². The van der Waals surface area contributed by atoms with Crippen molar-refractivity contribution in [3.8, 4) is 0 Å². The van der Waals surface area contributed by atoms with E-state index in [1.165, 1.54) is 18.2 Å². The minimum atomic E-state index is -0.481. The quantitative estimate of drug-likeness (QED) is 0.428. The fourth-order valence-electron chi connectivity index (χ4n) is 2.57. The van der Waals surface area contributed by atoms with Gasteiger partial charge in [0.1, 0.15) is 0 Å². The molecule has 0 aliphatic rings. The first-order valence-electron chi connectivity index (χ1n) is 8.15. The van der Waals surface area contributed by atoms with Gasteiger partial charge < -0.3 is 0 Å². The van der Waals surface area contributed by atoms with Crippen LogP contribution in [-0.4, -0.2) is 21.5 Å². The Kier molecular flexibility index (Phi) is 5.32. The maximum absolute atomic E-state index is 12.4. The number of benzene rings is 2. The van der Waals surface area contributed by atoms with E-state index in [-0.39, 0.29) is 5.69 Å². The van der Waals surface area contributed by atoms with Crippen LogP contribution in [-0.2, 0) is 0 Å². The molecule has 0 atom stereocenters. The molecule has 0 spiro atoms. The van der Waals surface area contributed by atoms with Crippen LogP contribution < -0.4 is 5.43 Å². The van der Waals surface area contributed by atoms with Gasteiger partial charge in [0.25, 0.3) is 11.6 Å². The zero-order valence-electron chi connectivity index (χ0n) is 14.5. The number of hydrogen-bond acceptors (Lipinski definition) is 5. The molecule has 27 heavy (non-hydrogen) atoms. The molecule has 0 aliphatic heterocycles. The zero-order valence-corrected chi connectivity index (χ0v) is 14.5. The van der Waals surface area contributed by atoms with Crippen molar-refractivity contribution >= 4 is 17.3 Å². The van der Waals surface area contributed by atoms with Crippen LogP contribution >= 0.6 is 0 Å². The fourth-order valence-corrected chi connectivity index (χ4v) is 2.57. The van der Waals surface area contributed by atoms with Gasteiger partial charge in [-0.25, -0.2) is 5.43 Å². The average molecular weight is 360 g/mol. The Labute approximate surface area is 155 Å². The molecule has 0 bridgehead atoms. The Morgan fingerprint density at radius 1 is 1.04 bits per heavy atom. The molecular weight excluding hydrogens is 344 g/mol. The van der Waals surface area contributed by atoms with Gasteiger partial charge in [-0.3, -0.25) is 19.9 Å². The van der Waals surface area contributed by atoms with Gasteiger partial charge in [-0.1, -0.05) is 30.3 Å². The van der Waals surface area contributed by atoms with E-state index in [1.807, 2.05) is 36.4 Å². The van der Waals surface area contributed by atoms with E-state index in [9.17, 15) is 14.9 Å². The number of nitrogens with one attached hydrogen (secondary N) is 1. The SMILES string of the molecule is Cc1cc(C(=O)N/N=C(/c2ccccc2)c2cccnc2)ccc1[N+](=O)[O-]. The molecule has 0 aliphatic carbocycles. The number of hydrazone groups is 1. The van der Waals surface area contributed by atoms with Crippen LogP contribution in [0.2, 0.25) is 0 Å². The van der Waals surface area contributed by atoms with Crippen LogP contribution in [0.15, 0.2) is 78.2 Å². The summed E-state index contributed by atoms with van der Waals surface area (Å²) in [6.07, 6.45) is 3.32. The van der Waals surface area contributed by atoms with Gasteiger partial charge in [-0.2, -0.15) is 5.10 Å². The lowest BCUT2D eigenvalue weighted by Crippen LogP contribution is -2.21. The Balaban J connectivity index is 1.90. The maximum Gasteiger partial charge on any atom is 0.272 e. The Morgan fingerprint density at radius 2 is 1.78 bits per heavy atom. The third-order valence-electron chi connectivity index (χ3n) is 3.91. The van der Waals surface area contributed by atoms with Crippen molar-refractivity contribution in [3.05, 3.63) is 105 Å². The van der Waals surface area contributed by atoms with E-state index in [0.29, 0.717) is 16.8 Å². The number of nitrogens with zero attached hydrogens (tertiary/aromatic N) is 3. The molecule has 134 valence electrons. The first-order valence-corrected chi connectivity index (χ1v) is 8.15. The minimum absolute atomic E-state index is 0.0321. The standard InChI is InChI=1S/C20H16N4O3/c1-14-12-16(9-10-18(14)24(26)27)20(25)23-22-19(15-6-3-2-4-7-15)17-8-5-11-21-13-17/h2-13H,1H3,(H,23,25)/b22-19-. The number of carbonyl (C=O) groups excluding carboxylic acids is 1. The molecule has 0 saturated heterocycles. The molecule has 0 radical (unpaired) electrons. The van der Waals surface area contributed by atoms with Gasteiger partial charge in [-0.05, 0) is 31.2 Å². The van der Waals surface area contributed by atoms with E-state index in [2.05, 4.69) is 15.5 Å². The molecule has 0 unspecified atom stereocenters. The summed E-state index contributed by atoms with van der Waals surface area (Å²) in [5.74, 6) is -0.453. The van der Waals surface area contributed by atoms with Crippen LogP contribution in [0.5, 0.6) is 0 Å². The summed E-state index contributed by atoms with van der Waals surface area (Å²) in [6.45, 7) is 1.59.